The zero-order valence-corrected chi connectivity index (χ0v) is 10.6. The van der Waals surface area contributed by atoms with Crippen LogP contribution in [0.25, 0.3) is 0 Å². The first-order chi connectivity index (χ1) is 8.92. The van der Waals surface area contributed by atoms with Crippen molar-refractivity contribution in [1.82, 2.24) is 5.32 Å². The number of nitrogens with zero attached hydrogens (tertiary/aromatic N) is 1. The molecule has 2 aliphatic rings. The molecule has 2 aliphatic heterocycles. The van der Waals surface area contributed by atoms with Crippen molar-refractivity contribution >= 4 is 5.90 Å². The molecular weight excluding hydrogens is 224 g/mol. The van der Waals surface area contributed by atoms with Crippen molar-refractivity contribution in [2.24, 2.45) is 10.9 Å². The van der Waals surface area contributed by atoms with E-state index in [1.54, 1.807) is 0 Å². The van der Waals surface area contributed by atoms with Crippen LogP contribution in [0.15, 0.2) is 35.3 Å². The van der Waals surface area contributed by atoms with Gasteiger partial charge in [-0.3, -0.25) is 0 Å². The second kappa shape index (κ2) is 5.53. The predicted octanol–water partition coefficient (Wildman–Crippen LogP) is 2.55. The Kier molecular flexibility index (Phi) is 3.60. The highest BCUT2D eigenvalue weighted by Gasteiger charge is 2.23. The van der Waals surface area contributed by atoms with Gasteiger partial charge in [-0.1, -0.05) is 30.3 Å². The molecule has 1 N–H and O–H groups in total. The molecule has 1 fully saturated rings. The van der Waals surface area contributed by atoms with Crippen molar-refractivity contribution in [3.05, 3.63) is 35.9 Å². The zero-order valence-electron chi connectivity index (χ0n) is 10.6. The summed E-state index contributed by atoms with van der Waals surface area (Å²) in [6.07, 6.45) is 3.52. The first kappa shape index (κ1) is 11.7. The van der Waals surface area contributed by atoms with E-state index in [0.29, 0.717) is 6.61 Å². The molecule has 18 heavy (non-hydrogen) atoms. The number of aliphatic imine (C=N–C) groups is 1. The van der Waals surface area contributed by atoms with Gasteiger partial charge >= 0.3 is 0 Å². The lowest BCUT2D eigenvalue weighted by Gasteiger charge is -2.21. The molecular formula is C15H20N2O. The van der Waals surface area contributed by atoms with Gasteiger partial charge in [0.2, 0.25) is 0 Å². The molecule has 0 aromatic heterocycles. The Morgan fingerprint density at radius 1 is 1.17 bits per heavy atom. The molecule has 0 radical (unpaired) electrons. The Bertz CT molecular complexity index is 410. The average Bonchev–Trinajstić information content (AvgIpc) is 2.89. The van der Waals surface area contributed by atoms with Crippen LogP contribution in [0.2, 0.25) is 0 Å². The maximum absolute atomic E-state index is 5.75. The fourth-order valence-electron chi connectivity index (χ4n) is 2.71. The summed E-state index contributed by atoms with van der Waals surface area (Å²) < 4.78 is 5.75. The van der Waals surface area contributed by atoms with Gasteiger partial charge in [0.25, 0.3) is 0 Å². The third kappa shape index (κ3) is 2.72. The van der Waals surface area contributed by atoms with Gasteiger partial charge in [-0.05, 0) is 37.4 Å². The number of nitrogens with one attached hydrogen (secondary N) is 1. The van der Waals surface area contributed by atoms with Crippen LogP contribution in [0, 0.1) is 5.92 Å². The van der Waals surface area contributed by atoms with Crippen LogP contribution < -0.4 is 5.32 Å². The number of rotatable bonds is 3. The number of benzene rings is 1. The van der Waals surface area contributed by atoms with E-state index in [2.05, 4.69) is 29.6 Å². The van der Waals surface area contributed by atoms with Gasteiger partial charge in [0, 0.05) is 6.42 Å². The molecule has 1 atom stereocenters. The summed E-state index contributed by atoms with van der Waals surface area (Å²) in [7, 11) is 0. The minimum atomic E-state index is 0.211. The van der Waals surface area contributed by atoms with Gasteiger partial charge in [0.1, 0.15) is 12.6 Å². The molecule has 96 valence electrons. The summed E-state index contributed by atoms with van der Waals surface area (Å²) in [6.45, 7) is 2.99. The summed E-state index contributed by atoms with van der Waals surface area (Å²) in [4.78, 5) is 4.73. The minimum absolute atomic E-state index is 0.211. The topological polar surface area (TPSA) is 33.6 Å². The Hall–Kier alpha value is -1.35. The molecule has 0 saturated carbocycles. The van der Waals surface area contributed by atoms with E-state index in [1.165, 1.54) is 18.4 Å². The van der Waals surface area contributed by atoms with Crippen molar-refractivity contribution in [3.8, 4) is 0 Å². The van der Waals surface area contributed by atoms with E-state index in [4.69, 9.17) is 9.73 Å². The number of hydrogen-bond donors (Lipinski definition) is 1. The average molecular weight is 244 g/mol. The Morgan fingerprint density at radius 2 is 1.94 bits per heavy atom. The Balaban J connectivity index is 1.61. The first-order valence-corrected chi connectivity index (χ1v) is 6.87. The molecule has 0 spiro atoms. The second-order valence-electron chi connectivity index (χ2n) is 5.16. The molecule has 1 aromatic rings. The van der Waals surface area contributed by atoms with Gasteiger partial charge in [-0.25, -0.2) is 4.99 Å². The molecule has 3 rings (SSSR count). The Morgan fingerprint density at radius 3 is 2.72 bits per heavy atom. The van der Waals surface area contributed by atoms with Crippen LogP contribution in [0.5, 0.6) is 0 Å². The fourth-order valence-corrected chi connectivity index (χ4v) is 2.71. The SMILES string of the molecule is c1ccc(C2COC(CC3CCNCC3)=N2)cc1. The van der Waals surface area contributed by atoms with Crippen LogP contribution in [0.1, 0.15) is 30.9 Å². The smallest absolute Gasteiger partial charge is 0.184 e. The van der Waals surface area contributed by atoms with E-state index in [1.807, 2.05) is 6.07 Å². The predicted molar refractivity (Wildman–Crippen MR) is 72.8 cm³/mol. The van der Waals surface area contributed by atoms with E-state index in [0.717, 1.165) is 31.3 Å². The van der Waals surface area contributed by atoms with E-state index in [-0.39, 0.29) is 6.04 Å². The number of piperidine rings is 1. The summed E-state index contributed by atoms with van der Waals surface area (Å²) in [6, 6.07) is 10.6. The van der Waals surface area contributed by atoms with Gasteiger partial charge < -0.3 is 10.1 Å². The lowest BCUT2D eigenvalue weighted by atomic mass is 9.95. The van der Waals surface area contributed by atoms with Crippen LogP contribution in [0.4, 0.5) is 0 Å². The zero-order chi connectivity index (χ0) is 12.2. The van der Waals surface area contributed by atoms with Crippen molar-refractivity contribution < 1.29 is 4.74 Å². The van der Waals surface area contributed by atoms with Crippen molar-refractivity contribution in [3.63, 3.8) is 0 Å². The minimum Gasteiger partial charge on any atom is -0.478 e. The normalized spacial score (nSPS) is 24.7. The monoisotopic (exact) mass is 244 g/mol. The van der Waals surface area contributed by atoms with Crippen molar-refractivity contribution in [2.75, 3.05) is 19.7 Å². The highest BCUT2D eigenvalue weighted by molar-refractivity contribution is 5.78. The van der Waals surface area contributed by atoms with Crippen LogP contribution in [-0.4, -0.2) is 25.6 Å². The van der Waals surface area contributed by atoms with Gasteiger partial charge in [-0.15, -0.1) is 0 Å². The largest absolute Gasteiger partial charge is 0.478 e. The van der Waals surface area contributed by atoms with E-state index < -0.39 is 0 Å². The molecule has 0 aliphatic carbocycles. The fraction of sp³-hybridized carbons (Fsp3) is 0.533. The molecule has 2 heterocycles. The Labute approximate surface area is 108 Å². The van der Waals surface area contributed by atoms with Crippen LogP contribution in [0.3, 0.4) is 0 Å². The molecule has 0 bridgehead atoms. The van der Waals surface area contributed by atoms with Gasteiger partial charge in [0.15, 0.2) is 5.90 Å². The molecule has 1 aromatic carbocycles. The van der Waals surface area contributed by atoms with E-state index in [9.17, 15) is 0 Å². The third-order valence-electron chi connectivity index (χ3n) is 3.81. The number of ether oxygens (including phenoxy) is 1. The van der Waals surface area contributed by atoms with Gasteiger partial charge in [0.05, 0.1) is 0 Å². The highest BCUT2D eigenvalue weighted by atomic mass is 16.5. The van der Waals surface area contributed by atoms with Gasteiger partial charge in [-0.2, -0.15) is 0 Å². The molecule has 3 nitrogen and oxygen atoms in total. The molecule has 1 unspecified atom stereocenters. The summed E-state index contributed by atoms with van der Waals surface area (Å²) >= 11 is 0. The third-order valence-corrected chi connectivity index (χ3v) is 3.81. The van der Waals surface area contributed by atoms with Crippen molar-refractivity contribution in [1.29, 1.82) is 0 Å². The summed E-state index contributed by atoms with van der Waals surface area (Å²) in [5, 5.41) is 3.39. The molecule has 1 saturated heterocycles. The highest BCUT2D eigenvalue weighted by Crippen LogP contribution is 2.26. The quantitative estimate of drug-likeness (QED) is 0.886. The maximum atomic E-state index is 5.75. The van der Waals surface area contributed by atoms with E-state index >= 15 is 0 Å². The first-order valence-electron chi connectivity index (χ1n) is 6.87. The summed E-state index contributed by atoms with van der Waals surface area (Å²) in [5.41, 5.74) is 1.26. The lowest BCUT2D eigenvalue weighted by Crippen LogP contribution is -2.28. The second-order valence-corrected chi connectivity index (χ2v) is 5.16. The van der Waals surface area contributed by atoms with Crippen molar-refractivity contribution in [2.45, 2.75) is 25.3 Å². The standard InChI is InChI=1S/C15H20N2O/c1-2-4-13(5-3-1)14-11-18-15(17-14)10-12-6-8-16-9-7-12/h1-5,12,14,16H,6-11H2. The van der Waals surface area contributed by atoms with Crippen LogP contribution >= 0.6 is 0 Å². The molecule has 3 heteroatoms. The van der Waals surface area contributed by atoms with Crippen LogP contribution in [-0.2, 0) is 4.74 Å². The number of hydrogen-bond acceptors (Lipinski definition) is 3. The lowest BCUT2D eigenvalue weighted by molar-refractivity contribution is 0.294. The molecule has 0 amide bonds. The summed E-state index contributed by atoms with van der Waals surface area (Å²) in [5.74, 6) is 1.72. The maximum Gasteiger partial charge on any atom is 0.184 e.